The Hall–Kier alpha value is -6.92. The summed E-state index contributed by atoms with van der Waals surface area (Å²) < 4.78 is 15.4. The van der Waals surface area contributed by atoms with E-state index in [4.69, 9.17) is 20.8 Å². The van der Waals surface area contributed by atoms with Gasteiger partial charge >= 0.3 is 0 Å². The van der Waals surface area contributed by atoms with Crippen molar-refractivity contribution in [3.8, 4) is 28.2 Å². The van der Waals surface area contributed by atoms with Crippen molar-refractivity contribution in [1.29, 1.82) is 0 Å². The molecular formula is C47H44ClN5O7. The predicted octanol–water partition coefficient (Wildman–Crippen LogP) is 5.76. The highest BCUT2D eigenvalue weighted by molar-refractivity contribution is 6.30. The van der Waals surface area contributed by atoms with Crippen LogP contribution in [-0.2, 0) is 11.2 Å². The van der Waals surface area contributed by atoms with Gasteiger partial charge < -0.3 is 34.6 Å². The molecule has 2 N–H and O–H groups in total. The number of hydrogen-bond acceptors (Lipinski definition) is 8. The molecule has 1 aliphatic heterocycles. The molecule has 1 aromatic heterocycles. The van der Waals surface area contributed by atoms with E-state index in [0.717, 1.165) is 16.4 Å². The Labute approximate surface area is 351 Å². The van der Waals surface area contributed by atoms with Crippen LogP contribution in [0.4, 0.5) is 5.69 Å². The lowest BCUT2D eigenvalue weighted by atomic mass is 9.89. The number of benzene rings is 5. The Balaban J connectivity index is 1.08. The number of hydrogen-bond donors (Lipinski definition) is 2. The molecule has 2 aliphatic rings. The number of rotatable bonds is 12. The Morgan fingerprint density at radius 3 is 2.27 bits per heavy atom. The number of anilines is 1. The molecule has 2 heterocycles. The SMILES string of the molecule is COc1ccc2c(c1)c(CC(=O)NCCCNC(=O)c1ccc(C(=O)[O-])c(-c3c4ccc(=[N+](C)C)cc-4oc4cc(N(C)C)ccc34)c1)c(C)n2C(=O)c1ccc(Cl)cc1. The van der Waals surface area contributed by atoms with Gasteiger partial charge in [0.2, 0.25) is 11.3 Å². The number of methoxy groups -OCH3 is 1. The molecule has 0 fully saturated rings. The summed E-state index contributed by atoms with van der Waals surface area (Å²) in [4.78, 5) is 55.1. The summed E-state index contributed by atoms with van der Waals surface area (Å²) in [6, 6.07) is 27.9. The van der Waals surface area contributed by atoms with Gasteiger partial charge in [-0.3, -0.25) is 19.0 Å². The first kappa shape index (κ1) is 41.2. The average Bonchev–Trinajstić information content (AvgIpc) is 3.50. The van der Waals surface area contributed by atoms with E-state index in [1.54, 1.807) is 54.1 Å². The lowest BCUT2D eigenvalue weighted by molar-refractivity contribution is -0.254. The smallest absolute Gasteiger partial charge is 0.262 e. The summed E-state index contributed by atoms with van der Waals surface area (Å²) in [5.41, 5.74) is 5.66. The van der Waals surface area contributed by atoms with Crippen LogP contribution in [0, 0.1) is 6.92 Å². The molecule has 306 valence electrons. The number of ether oxygens (including phenoxy) is 1. The summed E-state index contributed by atoms with van der Waals surface area (Å²) in [5.74, 6) is -1.15. The first-order chi connectivity index (χ1) is 28.7. The van der Waals surface area contributed by atoms with Crippen LogP contribution in [0.2, 0.25) is 5.02 Å². The Kier molecular flexibility index (Phi) is 11.8. The second kappa shape index (κ2) is 17.1. The zero-order valence-corrected chi connectivity index (χ0v) is 34.9. The minimum atomic E-state index is -1.38. The van der Waals surface area contributed by atoms with Crippen LogP contribution in [0.5, 0.6) is 5.75 Å². The molecule has 0 saturated carbocycles. The van der Waals surface area contributed by atoms with E-state index in [-0.39, 0.29) is 42.5 Å². The van der Waals surface area contributed by atoms with Crippen molar-refractivity contribution >= 4 is 62.9 Å². The zero-order valence-electron chi connectivity index (χ0n) is 34.1. The van der Waals surface area contributed by atoms with Gasteiger partial charge in [-0.15, -0.1) is 0 Å². The number of nitrogens with one attached hydrogen (secondary N) is 2. The molecule has 0 saturated heterocycles. The highest BCUT2D eigenvalue weighted by Crippen LogP contribution is 2.42. The fourth-order valence-corrected chi connectivity index (χ4v) is 7.55. The second-order valence-corrected chi connectivity index (χ2v) is 15.3. The molecule has 13 heteroatoms. The normalized spacial score (nSPS) is 11.2. The third-order valence-electron chi connectivity index (χ3n) is 10.6. The average molecular weight is 826 g/mol. The van der Waals surface area contributed by atoms with Gasteiger partial charge in [0.05, 0.1) is 31.1 Å². The predicted molar refractivity (Wildman–Crippen MR) is 232 cm³/mol. The number of aromatic carboxylic acids is 1. The van der Waals surface area contributed by atoms with Crippen molar-refractivity contribution in [2.45, 2.75) is 19.8 Å². The molecule has 1 aliphatic carbocycles. The van der Waals surface area contributed by atoms with E-state index in [2.05, 4.69) is 10.6 Å². The van der Waals surface area contributed by atoms with Crippen LogP contribution in [0.15, 0.2) is 101 Å². The summed E-state index contributed by atoms with van der Waals surface area (Å²) >= 11 is 6.06. The van der Waals surface area contributed by atoms with E-state index in [1.807, 2.05) is 87.1 Å². The van der Waals surface area contributed by atoms with E-state index in [0.29, 0.717) is 73.0 Å². The molecule has 60 heavy (non-hydrogen) atoms. The van der Waals surface area contributed by atoms with Gasteiger partial charge in [0.1, 0.15) is 31.2 Å². The first-order valence-corrected chi connectivity index (χ1v) is 19.7. The molecule has 12 nitrogen and oxygen atoms in total. The van der Waals surface area contributed by atoms with E-state index in [1.165, 1.54) is 12.1 Å². The standard InChI is InChI=1S/C47H44ClN5O7/c1-27-37(38-25-33(59-6)15-19-40(38)53(27)46(56)28-8-11-30(48)12-9-28)26-43(54)49-20-7-21-50-45(55)29-10-16-34(47(57)58)39(22-29)44-35-17-13-31(51(2)3)23-41(35)60-42-24-32(52(4)5)14-18-36(42)44/h8-19,22-25H,7,20-21,26H2,1-6H3,(H2-,49,50,54,55,57,58). The van der Waals surface area contributed by atoms with Gasteiger partial charge in [0.25, 0.3) is 11.8 Å². The van der Waals surface area contributed by atoms with Gasteiger partial charge in [-0.1, -0.05) is 17.7 Å². The zero-order chi connectivity index (χ0) is 42.8. The topological polar surface area (TPSA) is 149 Å². The third-order valence-corrected chi connectivity index (χ3v) is 10.9. The Bertz CT molecular complexity index is 2870. The van der Waals surface area contributed by atoms with Crippen LogP contribution in [0.3, 0.4) is 0 Å². The molecule has 0 unspecified atom stereocenters. The Morgan fingerprint density at radius 2 is 1.57 bits per heavy atom. The fourth-order valence-electron chi connectivity index (χ4n) is 7.42. The lowest BCUT2D eigenvalue weighted by Crippen LogP contribution is -2.31. The number of halogens is 1. The molecule has 0 spiro atoms. The van der Waals surface area contributed by atoms with Crippen LogP contribution >= 0.6 is 11.6 Å². The minimum absolute atomic E-state index is 0.0133. The molecule has 0 bridgehead atoms. The number of carbonyl (C=O) groups excluding carboxylic acids is 4. The van der Waals surface area contributed by atoms with Gasteiger partial charge in [0, 0.05) is 94.3 Å². The quantitative estimate of drug-likeness (QED) is 0.0899. The number of carboxylic acids is 1. The van der Waals surface area contributed by atoms with Crippen LogP contribution in [0.1, 0.15) is 48.8 Å². The molecule has 7 rings (SSSR count). The fraction of sp³-hybridized carbons (Fsp3) is 0.213. The first-order valence-electron chi connectivity index (χ1n) is 19.3. The van der Waals surface area contributed by atoms with Crippen molar-refractivity contribution in [1.82, 2.24) is 19.8 Å². The van der Waals surface area contributed by atoms with Crippen LogP contribution < -0.4 is 35.3 Å². The maximum Gasteiger partial charge on any atom is 0.262 e. The monoisotopic (exact) mass is 825 g/mol. The van der Waals surface area contributed by atoms with Crippen LogP contribution in [0.25, 0.3) is 44.3 Å². The maximum atomic E-state index is 13.7. The number of amides is 2. The third kappa shape index (κ3) is 8.19. The highest BCUT2D eigenvalue weighted by Gasteiger charge is 2.24. The van der Waals surface area contributed by atoms with E-state index in [9.17, 15) is 24.3 Å². The van der Waals surface area contributed by atoms with Crippen molar-refractivity contribution in [2.75, 3.05) is 53.3 Å². The van der Waals surface area contributed by atoms with Gasteiger partial charge in [-0.25, -0.2) is 4.58 Å². The molecule has 5 aromatic rings. The molecule has 0 atom stereocenters. The summed E-state index contributed by atoms with van der Waals surface area (Å²) in [6.45, 7) is 2.32. The van der Waals surface area contributed by atoms with Gasteiger partial charge in [-0.05, 0) is 97.3 Å². The summed E-state index contributed by atoms with van der Waals surface area (Å²) in [6.07, 6.45) is 0.433. The molecule has 0 radical (unpaired) electrons. The van der Waals surface area contributed by atoms with Gasteiger partial charge in [0.15, 0.2) is 0 Å². The molecular weight excluding hydrogens is 782 g/mol. The van der Waals surface area contributed by atoms with Crippen LogP contribution in [-0.4, -0.2) is 76.6 Å². The maximum absolute atomic E-state index is 13.7. The van der Waals surface area contributed by atoms with Crippen molar-refractivity contribution in [3.05, 3.63) is 135 Å². The number of fused-ring (bicyclic) bond motifs is 3. The lowest BCUT2D eigenvalue weighted by Gasteiger charge is -2.20. The summed E-state index contributed by atoms with van der Waals surface area (Å²) in [5, 5.41) is 21.2. The van der Waals surface area contributed by atoms with Crippen molar-refractivity contribution in [3.63, 3.8) is 0 Å². The van der Waals surface area contributed by atoms with Crippen molar-refractivity contribution < 1.29 is 33.4 Å². The number of carbonyl (C=O) groups is 4. The van der Waals surface area contributed by atoms with E-state index >= 15 is 0 Å². The molecule has 2 amide bonds. The van der Waals surface area contributed by atoms with Gasteiger partial charge in [-0.2, -0.15) is 0 Å². The minimum Gasteiger partial charge on any atom is -0.545 e. The van der Waals surface area contributed by atoms with Crippen molar-refractivity contribution in [2.24, 2.45) is 0 Å². The summed E-state index contributed by atoms with van der Waals surface area (Å²) in [7, 11) is 9.25. The number of nitrogens with zero attached hydrogens (tertiary/aromatic N) is 3. The number of carboxylic acid groups (broad SMARTS) is 1. The molecule has 4 aromatic carbocycles. The number of aromatic nitrogens is 1. The second-order valence-electron chi connectivity index (χ2n) is 14.9. The largest absolute Gasteiger partial charge is 0.545 e. The van der Waals surface area contributed by atoms with E-state index < -0.39 is 11.9 Å². The highest BCUT2D eigenvalue weighted by atomic mass is 35.5. The Morgan fingerprint density at radius 1 is 0.833 bits per heavy atom.